The van der Waals surface area contributed by atoms with Gasteiger partial charge < -0.3 is 5.32 Å². The Hall–Kier alpha value is -2.63. The minimum absolute atomic E-state index is 0.284. The van der Waals surface area contributed by atoms with Gasteiger partial charge >= 0.3 is 0 Å². The predicted molar refractivity (Wildman–Crippen MR) is 102 cm³/mol. The number of hydrogen-bond donors (Lipinski definition) is 1. The molecule has 3 rings (SSSR count). The molecule has 0 aliphatic carbocycles. The maximum absolute atomic E-state index is 12.7. The van der Waals surface area contributed by atoms with Crippen molar-refractivity contribution in [3.63, 3.8) is 0 Å². The number of aromatic nitrogens is 2. The van der Waals surface area contributed by atoms with Crippen molar-refractivity contribution in [1.82, 2.24) is 9.78 Å². The Kier molecular flexibility index (Phi) is 5.11. The van der Waals surface area contributed by atoms with Crippen LogP contribution in [0.4, 0.5) is 5.69 Å². The molecule has 5 nitrogen and oxygen atoms in total. The fourth-order valence-corrected chi connectivity index (χ4v) is 2.97. The maximum atomic E-state index is 12.7. The summed E-state index contributed by atoms with van der Waals surface area (Å²) < 4.78 is 1.65. The van der Waals surface area contributed by atoms with Crippen molar-refractivity contribution in [2.45, 2.75) is 13.8 Å². The summed E-state index contributed by atoms with van der Waals surface area (Å²) in [5.74, 6) is -1.42. The number of ketones is 1. The van der Waals surface area contributed by atoms with Crippen LogP contribution in [0.3, 0.4) is 0 Å². The predicted octanol–water partition coefficient (Wildman–Crippen LogP) is 4.62. The zero-order chi connectivity index (χ0) is 18.8. The highest BCUT2D eigenvalue weighted by Gasteiger charge is 2.25. The summed E-state index contributed by atoms with van der Waals surface area (Å²) in [7, 11) is 0. The fraction of sp³-hybridized carbons (Fsp3) is 0.105. The number of Topliss-reactive ketones (excluding diaryl/α,β-unsaturated/α-hetero) is 1. The van der Waals surface area contributed by atoms with Gasteiger partial charge in [0.1, 0.15) is 0 Å². The number of para-hydroxylation sites is 1. The summed E-state index contributed by atoms with van der Waals surface area (Å²) in [6.07, 6.45) is 0. The number of nitrogens with zero attached hydrogens (tertiary/aromatic N) is 2. The van der Waals surface area contributed by atoms with E-state index >= 15 is 0 Å². The molecule has 0 aliphatic heterocycles. The normalized spacial score (nSPS) is 10.6. The van der Waals surface area contributed by atoms with Crippen LogP contribution in [0.5, 0.6) is 0 Å². The summed E-state index contributed by atoms with van der Waals surface area (Å²) in [5, 5.41) is 7.60. The highest BCUT2D eigenvalue weighted by atomic mass is 35.5. The first-order valence-electron chi connectivity index (χ1n) is 7.81. The Morgan fingerprint density at radius 3 is 2.35 bits per heavy atom. The van der Waals surface area contributed by atoms with Gasteiger partial charge in [-0.1, -0.05) is 41.4 Å². The number of nitrogens with one attached hydrogen (secondary N) is 1. The van der Waals surface area contributed by atoms with Gasteiger partial charge in [-0.15, -0.1) is 0 Å². The Labute approximate surface area is 160 Å². The van der Waals surface area contributed by atoms with E-state index in [-0.39, 0.29) is 5.56 Å². The van der Waals surface area contributed by atoms with Gasteiger partial charge in [-0.3, -0.25) is 9.59 Å². The average Bonchev–Trinajstić information content (AvgIpc) is 2.92. The number of anilines is 1. The van der Waals surface area contributed by atoms with Crippen LogP contribution in [-0.2, 0) is 4.79 Å². The molecule has 1 aromatic heterocycles. The first kappa shape index (κ1) is 18.2. The van der Waals surface area contributed by atoms with E-state index in [1.54, 1.807) is 30.7 Å². The number of rotatable bonds is 4. The van der Waals surface area contributed by atoms with Crippen LogP contribution in [0.25, 0.3) is 5.69 Å². The number of halogens is 2. The third-order valence-electron chi connectivity index (χ3n) is 3.90. The van der Waals surface area contributed by atoms with Gasteiger partial charge in [0, 0.05) is 5.69 Å². The van der Waals surface area contributed by atoms with Crippen molar-refractivity contribution >= 4 is 40.6 Å². The van der Waals surface area contributed by atoms with Crippen molar-refractivity contribution in [1.29, 1.82) is 0 Å². The molecular formula is C19H15Cl2N3O2. The van der Waals surface area contributed by atoms with Gasteiger partial charge in [-0.05, 0) is 44.2 Å². The summed E-state index contributed by atoms with van der Waals surface area (Å²) in [5.41, 5.74) is 2.58. The van der Waals surface area contributed by atoms with Crippen LogP contribution in [0, 0.1) is 13.8 Å². The van der Waals surface area contributed by atoms with Crippen LogP contribution in [-0.4, -0.2) is 21.5 Å². The van der Waals surface area contributed by atoms with Crippen molar-refractivity contribution in [3.8, 4) is 5.69 Å². The molecule has 2 aromatic carbocycles. The van der Waals surface area contributed by atoms with E-state index in [1.807, 2.05) is 30.3 Å². The molecule has 1 N–H and O–H groups in total. The molecule has 0 fully saturated rings. The number of hydrogen-bond acceptors (Lipinski definition) is 3. The minimum Gasteiger partial charge on any atom is -0.319 e. The molecule has 0 saturated heterocycles. The third-order valence-corrected chi connectivity index (χ3v) is 4.64. The van der Waals surface area contributed by atoms with E-state index < -0.39 is 11.7 Å². The summed E-state index contributed by atoms with van der Waals surface area (Å²) in [6.45, 7) is 3.46. The third kappa shape index (κ3) is 3.49. The van der Waals surface area contributed by atoms with Gasteiger partial charge in [0.25, 0.3) is 11.7 Å². The summed E-state index contributed by atoms with van der Waals surface area (Å²) in [6, 6.07) is 14.0. The highest BCUT2D eigenvalue weighted by molar-refractivity contribution is 6.47. The van der Waals surface area contributed by atoms with E-state index in [9.17, 15) is 9.59 Å². The van der Waals surface area contributed by atoms with Gasteiger partial charge in [0.05, 0.1) is 32.7 Å². The van der Waals surface area contributed by atoms with Crippen molar-refractivity contribution in [2.75, 3.05) is 5.32 Å². The zero-order valence-electron chi connectivity index (χ0n) is 14.1. The topological polar surface area (TPSA) is 64.0 Å². The number of carbonyl (C=O) groups is 2. The number of aryl methyl sites for hydroxylation is 1. The SMILES string of the molecule is Cc1nn(-c2ccccc2)c(C)c1C(=O)C(=O)Nc1ccc(Cl)c(Cl)c1. The van der Waals surface area contributed by atoms with E-state index in [2.05, 4.69) is 10.4 Å². The van der Waals surface area contributed by atoms with E-state index in [4.69, 9.17) is 23.2 Å². The van der Waals surface area contributed by atoms with Crippen molar-refractivity contribution in [3.05, 3.63) is 75.5 Å². The van der Waals surface area contributed by atoms with E-state index in [1.165, 1.54) is 6.07 Å². The first-order valence-corrected chi connectivity index (χ1v) is 8.56. The smallest absolute Gasteiger partial charge is 0.296 e. The molecule has 3 aromatic rings. The lowest BCUT2D eigenvalue weighted by molar-refractivity contribution is -0.112. The molecule has 0 unspecified atom stereocenters. The fourth-order valence-electron chi connectivity index (χ4n) is 2.67. The molecule has 0 saturated carbocycles. The molecular weight excluding hydrogens is 373 g/mol. The Balaban J connectivity index is 1.89. The Bertz CT molecular complexity index is 998. The van der Waals surface area contributed by atoms with Gasteiger partial charge in [0.15, 0.2) is 0 Å². The van der Waals surface area contributed by atoms with Crippen molar-refractivity contribution < 1.29 is 9.59 Å². The van der Waals surface area contributed by atoms with E-state index in [0.29, 0.717) is 27.1 Å². The average molecular weight is 388 g/mol. The lowest BCUT2D eigenvalue weighted by Crippen LogP contribution is -2.24. The molecule has 26 heavy (non-hydrogen) atoms. The molecule has 0 atom stereocenters. The van der Waals surface area contributed by atoms with Crippen LogP contribution < -0.4 is 5.32 Å². The van der Waals surface area contributed by atoms with Gasteiger partial charge in [0.2, 0.25) is 0 Å². The minimum atomic E-state index is -0.762. The summed E-state index contributed by atoms with van der Waals surface area (Å²) >= 11 is 11.8. The first-order chi connectivity index (χ1) is 12.4. The van der Waals surface area contributed by atoms with Crippen LogP contribution in [0.1, 0.15) is 21.7 Å². The van der Waals surface area contributed by atoms with Gasteiger partial charge in [-0.2, -0.15) is 5.10 Å². The quantitative estimate of drug-likeness (QED) is 0.524. The van der Waals surface area contributed by atoms with Crippen LogP contribution >= 0.6 is 23.2 Å². The second-order valence-corrected chi connectivity index (χ2v) is 6.52. The second kappa shape index (κ2) is 7.32. The maximum Gasteiger partial charge on any atom is 0.296 e. The molecule has 1 heterocycles. The Morgan fingerprint density at radius 1 is 1.00 bits per heavy atom. The van der Waals surface area contributed by atoms with Gasteiger partial charge in [-0.25, -0.2) is 4.68 Å². The monoisotopic (exact) mass is 387 g/mol. The lowest BCUT2D eigenvalue weighted by Gasteiger charge is -2.07. The number of benzene rings is 2. The summed E-state index contributed by atoms with van der Waals surface area (Å²) in [4.78, 5) is 25.0. The zero-order valence-corrected chi connectivity index (χ0v) is 15.6. The molecule has 1 amide bonds. The molecule has 132 valence electrons. The number of carbonyl (C=O) groups excluding carboxylic acids is 2. The second-order valence-electron chi connectivity index (χ2n) is 5.71. The largest absolute Gasteiger partial charge is 0.319 e. The Morgan fingerprint density at radius 2 is 1.69 bits per heavy atom. The molecule has 0 bridgehead atoms. The molecule has 0 spiro atoms. The number of amides is 1. The molecule has 7 heteroatoms. The highest BCUT2D eigenvalue weighted by Crippen LogP contribution is 2.25. The molecule has 0 aliphatic rings. The van der Waals surface area contributed by atoms with E-state index in [0.717, 1.165) is 5.69 Å². The van der Waals surface area contributed by atoms with Crippen molar-refractivity contribution in [2.24, 2.45) is 0 Å². The van der Waals surface area contributed by atoms with Crippen LogP contribution in [0.2, 0.25) is 10.0 Å². The standard InChI is InChI=1S/C19H15Cl2N3O2/c1-11-17(12(2)24(23-11)14-6-4-3-5-7-14)18(25)19(26)22-13-8-9-15(20)16(21)10-13/h3-10H,1-2H3,(H,22,26). The van der Waals surface area contributed by atoms with Crippen LogP contribution in [0.15, 0.2) is 48.5 Å². The lowest BCUT2D eigenvalue weighted by atomic mass is 10.1. The molecule has 0 radical (unpaired) electrons.